The minimum absolute atomic E-state index is 0.259. The Morgan fingerprint density at radius 1 is 0.944 bits per heavy atom. The Balaban J connectivity index is 2.31. The van der Waals surface area contributed by atoms with Gasteiger partial charge in [-0.2, -0.15) is 0 Å². The number of hydrogen-bond acceptors (Lipinski definition) is 1. The van der Waals surface area contributed by atoms with Gasteiger partial charge in [0.15, 0.2) is 0 Å². The quantitative estimate of drug-likeness (QED) is 0.696. The summed E-state index contributed by atoms with van der Waals surface area (Å²) in [5, 5.41) is 0.982. The highest BCUT2D eigenvalue weighted by Crippen LogP contribution is 2.34. The zero-order chi connectivity index (χ0) is 13.1. The fourth-order valence-corrected chi connectivity index (χ4v) is 2.34. The van der Waals surface area contributed by atoms with Crippen LogP contribution in [0.2, 0.25) is 10.0 Å². The second kappa shape index (κ2) is 5.83. The first kappa shape index (κ1) is 13.5. The molecule has 0 bridgehead atoms. The van der Waals surface area contributed by atoms with E-state index in [-0.39, 0.29) is 5.38 Å². The number of halogens is 3. The molecule has 0 aliphatic rings. The van der Waals surface area contributed by atoms with Crippen LogP contribution in [0, 0.1) is 0 Å². The highest BCUT2D eigenvalue weighted by Gasteiger charge is 2.12. The van der Waals surface area contributed by atoms with Crippen molar-refractivity contribution in [3.63, 3.8) is 0 Å². The summed E-state index contributed by atoms with van der Waals surface area (Å²) in [6, 6.07) is 13.0. The molecule has 0 saturated carbocycles. The van der Waals surface area contributed by atoms with Gasteiger partial charge in [-0.15, -0.1) is 11.6 Å². The number of ether oxygens (including phenoxy) is 1. The average molecular weight is 302 g/mol. The molecule has 0 N–H and O–H groups in total. The van der Waals surface area contributed by atoms with Crippen LogP contribution in [-0.4, -0.2) is 7.11 Å². The summed E-state index contributed by atoms with van der Waals surface area (Å²) in [7, 11) is 1.58. The van der Waals surface area contributed by atoms with Crippen LogP contribution in [0.4, 0.5) is 0 Å². The molecule has 2 aromatic carbocycles. The zero-order valence-corrected chi connectivity index (χ0v) is 11.9. The van der Waals surface area contributed by atoms with E-state index in [4.69, 9.17) is 39.5 Å². The lowest BCUT2D eigenvalue weighted by Gasteiger charge is -2.12. The minimum atomic E-state index is -0.259. The second-order valence-corrected chi connectivity index (χ2v) is 5.09. The normalized spacial score (nSPS) is 12.2. The molecule has 0 heterocycles. The van der Waals surface area contributed by atoms with Crippen LogP contribution in [-0.2, 0) is 0 Å². The van der Waals surface area contributed by atoms with Gasteiger partial charge in [0, 0.05) is 5.02 Å². The number of rotatable bonds is 3. The van der Waals surface area contributed by atoms with Gasteiger partial charge in [-0.3, -0.25) is 0 Å². The number of benzene rings is 2. The van der Waals surface area contributed by atoms with Crippen molar-refractivity contribution in [1.82, 2.24) is 0 Å². The van der Waals surface area contributed by atoms with Crippen LogP contribution in [0.5, 0.6) is 5.75 Å². The molecule has 2 rings (SSSR count). The summed E-state index contributed by atoms with van der Waals surface area (Å²) in [5.41, 5.74) is 1.90. The summed E-state index contributed by atoms with van der Waals surface area (Å²) in [6.07, 6.45) is 0. The predicted octanol–water partition coefficient (Wildman–Crippen LogP) is 5.33. The fraction of sp³-hybridized carbons (Fsp3) is 0.143. The largest absolute Gasteiger partial charge is 0.495 e. The minimum Gasteiger partial charge on any atom is -0.495 e. The van der Waals surface area contributed by atoms with E-state index in [0.29, 0.717) is 15.8 Å². The standard InChI is InChI=1S/C14H11Cl3O/c1-18-13-7-4-10(8-12(13)16)14(17)9-2-5-11(15)6-3-9/h2-8,14H,1H3. The Morgan fingerprint density at radius 2 is 1.56 bits per heavy atom. The Labute approximate surface area is 121 Å². The second-order valence-electron chi connectivity index (χ2n) is 3.81. The van der Waals surface area contributed by atoms with Gasteiger partial charge in [-0.1, -0.05) is 41.4 Å². The maximum atomic E-state index is 6.41. The summed E-state index contributed by atoms with van der Waals surface area (Å²) >= 11 is 18.3. The zero-order valence-electron chi connectivity index (χ0n) is 9.66. The molecule has 0 amide bonds. The van der Waals surface area contributed by atoms with Gasteiger partial charge in [0.05, 0.1) is 17.5 Å². The van der Waals surface area contributed by atoms with Crippen LogP contribution in [0.1, 0.15) is 16.5 Å². The van der Waals surface area contributed by atoms with E-state index in [1.807, 2.05) is 42.5 Å². The third-order valence-electron chi connectivity index (χ3n) is 2.63. The van der Waals surface area contributed by atoms with Crippen LogP contribution < -0.4 is 4.74 Å². The SMILES string of the molecule is COc1ccc(C(Cl)c2ccc(Cl)cc2)cc1Cl. The molecule has 94 valence electrons. The summed E-state index contributed by atoms with van der Waals surface area (Å²) in [6.45, 7) is 0. The molecule has 0 aliphatic carbocycles. The first-order valence-electron chi connectivity index (χ1n) is 5.35. The van der Waals surface area contributed by atoms with Crippen LogP contribution in [0.25, 0.3) is 0 Å². The van der Waals surface area contributed by atoms with E-state index < -0.39 is 0 Å². The van der Waals surface area contributed by atoms with Crippen molar-refractivity contribution >= 4 is 34.8 Å². The third kappa shape index (κ3) is 2.92. The molecule has 18 heavy (non-hydrogen) atoms. The number of hydrogen-bond donors (Lipinski definition) is 0. The molecule has 0 fully saturated rings. The van der Waals surface area contributed by atoms with Gasteiger partial charge >= 0.3 is 0 Å². The molecule has 0 aliphatic heterocycles. The Morgan fingerprint density at radius 3 is 2.11 bits per heavy atom. The molecule has 1 nitrogen and oxygen atoms in total. The molecule has 1 atom stereocenters. The van der Waals surface area contributed by atoms with E-state index in [1.165, 1.54) is 0 Å². The van der Waals surface area contributed by atoms with Crippen molar-refractivity contribution < 1.29 is 4.74 Å². The van der Waals surface area contributed by atoms with Crippen molar-refractivity contribution in [2.45, 2.75) is 5.38 Å². The molecule has 4 heteroatoms. The maximum Gasteiger partial charge on any atom is 0.137 e. The summed E-state index contributed by atoms with van der Waals surface area (Å²) in [5.74, 6) is 0.639. The van der Waals surface area contributed by atoms with Gasteiger partial charge in [-0.25, -0.2) is 0 Å². The van der Waals surface area contributed by atoms with Crippen LogP contribution in [0.15, 0.2) is 42.5 Å². The fourth-order valence-electron chi connectivity index (χ4n) is 1.66. The summed E-state index contributed by atoms with van der Waals surface area (Å²) < 4.78 is 5.11. The third-order valence-corrected chi connectivity index (χ3v) is 3.68. The van der Waals surface area contributed by atoms with Gasteiger partial charge in [0.2, 0.25) is 0 Å². The molecule has 0 aromatic heterocycles. The highest BCUT2D eigenvalue weighted by molar-refractivity contribution is 6.32. The van der Waals surface area contributed by atoms with Gasteiger partial charge in [0.25, 0.3) is 0 Å². The molecule has 2 aromatic rings. The lowest BCUT2D eigenvalue weighted by Crippen LogP contribution is -1.94. The van der Waals surface area contributed by atoms with Crippen LogP contribution >= 0.6 is 34.8 Å². The Bertz CT molecular complexity index is 537. The first-order valence-corrected chi connectivity index (χ1v) is 6.54. The Kier molecular flexibility index (Phi) is 4.39. The first-order chi connectivity index (χ1) is 8.61. The number of methoxy groups -OCH3 is 1. The van der Waals surface area contributed by atoms with E-state index in [9.17, 15) is 0 Å². The topological polar surface area (TPSA) is 9.23 Å². The van der Waals surface area contributed by atoms with Gasteiger partial charge in [0.1, 0.15) is 5.75 Å². The highest BCUT2D eigenvalue weighted by atomic mass is 35.5. The molecule has 0 saturated heterocycles. The van der Waals surface area contributed by atoms with Gasteiger partial charge in [-0.05, 0) is 35.4 Å². The van der Waals surface area contributed by atoms with Crippen molar-refractivity contribution in [2.75, 3.05) is 7.11 Å². The van der Waals surface area contributed by atoms with Gasteiger partial charge < -0.3 is 4.74 Å². The van der Waals surface area contributed by atoms with E-state index in [2.05, 4.69) is 0 Å². The molecule has 0 spiro atoms. The van der Waals surface area contributed by atoms with E-state index in [0.717, 1.165) is 11.1 Å². The van der Waals surface area contributed by atoms with Crippen molar-refractivity contribution in [2.24, 2.45) is 0 Å². The lowest BCUT2D eigenvalue weighted by molar-refractivity contribution is 0.415. The van der Waals surface area contributed by atoms with E-state index >= 15 is 0 Å². The van der Waals surface area contributed by atoms with E-state index in [1.54, 1.807) is 7.11 Å². The average Bonchev–Trinajstić information content (AvgIpc) is 2.38. The van der Waals surface area contributed by atoms with Crippen molar-refractivity contribution in [1.29, 1.82) is 0 Å². The number of alkyl halides is 1. The smallest absolute Gasteiger partial charge is 0.137 e. The van der Waals surface area contributed by atoms with Crippen molar-refractivity contribution in [3.8, 4) is 5.75 Å². The molecular formula is C14H11Cl3O. The molecule has 1 unspecified atom stereocenters. The molecule has 0 radical (unpaired) electrons. The van der Waals surface area contributed by atoms with Crippen molar-refractivity contribution in [3.05, 3.63) is 63.6 Å². The molecular weight excluding hydrogens is 291 g/mol. The summed E-state index contributed by atoms with van der Waals surface area (Å²) in [4.78, 5) is 0. The van der Waals surface area contributed by atoms with Crippen LogP contribution in [0.3, 0.4) is 0 Å². The predicted molar refractivity (Wildman–Crippen MR) is 77.2 cm³/mol. The monoisotopic (exact) mass is 300 g/mol. The Hall–Kier alpha value is -0.890. The lowest BCUT2D eigenvalue weighted by atomic mass is 10.0. The maximum absolute atomic E-state index is 6.41.